The number of rotatable bonds is 5. The van der Waals surface area contributed by atoms with Crippen molar-refractivity contribution in [2.45, 2.75) is 20.7 Å². The van der Waals surface area contributed by atoms with Crippen LogP contribution < -0.4 is 5.73 Å². The van der Waals surface area contributed by atoms with Crippen LogP contribution in [0, 0.1) is 0 Å². The van der Waals surface area contributed by atoms with Crippen molar-refractivity contribution in [1.82, 2.24) is 0 Å². The molecule has 0 bridgehead atoms. The molecule has 0 saturated heterocycles. The van der Waals surface area contributed by atoms with Crippen molar-refractivity contribution in [2.24, 2.45) is 5.73 Å². The Morgan fingerprint density at radius 2 is 1.65 bits per heavy atom. The summed E-state index contributed by atoms with van der Waals surface area (Å²) in [6.45, 7) is 0. The Bertz CT molecular complexity index is 398. The molecule has 0 fully saturated rings. The monoisotopic (exact) mass is 289 g/mol. The first kappa shape index (κ1) is 14.8. The maximum absolute atomic E-state index is 10.9. The van der Waals surface area contributed by atoms with E-state index in [1.54, 1.807) is 35.3 Å². The van der Waals surface area contributed by atoms with Gasteiger partial charge in [-0.3, -0.25) is 4.79 Å². The van der Waals surface area contributed by atoms with Crippen LogP contribution in [0.25, 0.3) is 0 Å². The molecule has 0 aliphatic carbocycles. The van der Waals surface area contributed by atoms with Gasteiger partial charge in [-0.2, -0.15) is 0 Å². The molecule has 3 N–H and O–H groups in total. The Hall–Kier alpha value is -0.300. The second kappa shape index (κ2) is 6.58. The van der Waals surface area contributed by atoms with E-state index in [9.17, 15) is 4.79 Å². The van der Waals surface area contributed by atoms with Gasteiger partial charge in [0.25, 0.3) is 0 Å². The molecule has 0 aliphatic heterocycles. The zero-order chi connectivity index (χ0) is 13.0. The van der Waals surface area contributed by atoms with Gasteiger partial charge in [0.1, 0.15) is 6.04 Å². The van der Waals surface area contributed by atoms with Crippen molar-refractivity contribution < 1.29 is 9.90 Å². The highest BCUT2D eigenvalue weighted by Gasteiger charge is 2.18. The van der Waals surface area contributed by atoms with Gasteiger partial charge in [0.05, 0.1) is 0 Å². The van der Waals surface area contributed by atoms with Gasteiger partial charge in [-0.25, -0.2) is 0 Å². The van der Waals surface area contributed by atoms with Crippen molar-refractivity contribution >= 4 is 41.3 Å². The average Bonchev–Trinajstić information content (AvgIpc) is 2.35. The fourth-order valence-electron chi connectivity index (χ4n) is 1.42. The lowest BCUT2D eigenvalue weighted by atomic mass is 10.1. The summed E-state index contributed by atoms with van der Waals surface area (Å²) < 4.78 is 0. The first-order chi connectivity index (χ1) is 8.04. The minimum absolute atomic E-state index is 0.656. The molecule has 0 saturated carbocycles. The Labute approximate surface area is 114 Å². The SMILES string of the molecule is CSc1cc(C(N)C(=O)O)cc(SC)c1SC. The maximum atomic E-state index is 10.9. The summed E-state index contributed by atoms with van der Waals surface area (Å²) in [4.78, 5) is 14.3. The highest BCUT2D eigenvalue weighted by atomic mass is 32.2. The number of benzene rings is 1. The molecule has 1 unspecified atom stereocenters. The predicted octanol–water partition coefficient (Wildman–Crippen LogP) is 2.94. The van der Waals surface area contributed by atoms with E-state index in [1.165, 1.54) is 4.90 Å². The van der Waals surface area contributed by atoms with E-state index in [-0.39, 0.29) is 0 Å². The zero-order valence-electron chi connectivity index (χ0n) is 9.89. The van der Waals surface area contributed by atoms with Crippen LogP contribution in [0.3, 0.4) is 0 Å². The zero-order valence-corrected chi connectivity index (χ0v) is 12.3. The molecule has 0 amide bonds. The summed E-state index contributed by atoms with van der Waals surface area (Å²) in [7, 11) is 0. The minimum atomic E-state index is -0.999. The van der Waals surface area contributed by atoms with Crippen LogP contribution in [-0.2, 0) is 4.79 Å². The van der Waals surface area contributed by atoms with Crippen LogP contribution in [0.4, 0.5) is 0 Å². The number of nitrogens with two attached hydrogens (primary N) is 1. The fourth-order valence-corrected chi connectivity index (χ4v) is 4.11. The summed E-state index contributed by atoms with van der Waals surface area (Å²) in [6, 6.07) is 2.78. The first-order valence-electron chi connectivity index (χ1n) is 4.83. The summed E-state index contributed by atoms with van der Waals surface area (Å²) in [5.41, 5.74) is 6.31. The van der Waals surface area contributed by atoms with Crippen molar-refractivity contribution in [3.63, 3.8) is 0 Å². The van der Waals surface area contributed by atoms with Gasteiger partial charge in [-0.15, -0.1) is 35.3 Å². The van der Waals surface area contributed by atoms with Gasteiger partial charge in [-0.05, 0) is 36.5 Å². The Kier molecular flexibility index (Phi) is 5.72. The molecule has 1 atom stereocenters. The van der Waals surface area contributed by atoms with E-state index in [0.29, 0.717) is 5.56 Å². The quantitative estimate of drug-likeness (QED) is 0.813. The molecule has 0 aliphatic rings. The number of carboxylic acid groups (broad SMARTS) is 1. The van der Waals surface area contributed by atoms with Crippen LogP contribution in [0.2, 0.25) is 0 Å². The molecule has 6 heteroatoms. The summed E-state index contributed by atoms with van der Waals surface area (Å²) in [5, 5.41) is 8.95. The molecule has 0 aromatic heterocycles. The van der Waals surface area contributed by atoms with Crippen molar-refractivity contribution in [2.75, 3.05) is 18.8 Å². The molecule has 0 radical (unpaired) electrons. The number of hydrogen-bond donors (Lipinski definition) is 2. The third kappa shape index (κ3) is 3.34. The van der Waals surface area contributed by atoms with Gasteiger partial charge >= 0.3 is 5.97 Å². The van der Waals surface area contributed by atoms with Crippen LogP contribution >= 0.6 is 35.3 Å². The molecular formula is C11H15NO2S3. The van der Waals surface area contributed by atoms with Gasteiger partial charge in [0, 0.05) is 14.7 Å². The molecule has 0 heterocycles. The topological polar surface area (TPSA) is 63.3 Å². The van der Waals surface area contributed by atoms with E-state index in [0.717, 1.165) is 9.79 Å². The van der Waals surface area contributed by atoms with Gasteiger partial charge in [0.15, 0.2) is 0 Å². The highest BCUT2D eigenvalue weighted by molar-refractivity contribution is 8.03. The Morgan fingerprint density at radius 3 is 1.94 bits per heavy atom. The molecule has 17 heavy (non-hydrogen) atoms. The lowest BCUT2D eigenvalue weighted by molar-refractivity contribution is -0.138. The summed E-state index contributed by atoms with van der Waals surface area (Å²) >= 11 is 4.89. The standard InChI is InChI=1S/C11H15NO2S3/c1-15-7-4-6(9(12)11(13)14)5-8(16-2)10(7)17-3/h4-5,9H,12H2,1-3H3,(H,13,14). The molecule has 0 spiro atoms. The van der Waals surface area contributed by atoms with Crippen molar-refractivity contribution in [3.05, 3.63) is 17.7 Å². The Morgan fingerprint density at radius 1 is 1.18 bits per heavy atom. The lowest BCUT2D eigenvalue weighted by Gasteiger charge is -2.15. The molecule has 94 valence electrons. The first-order valence-corrected chi connectivity index (χ1v) is 8.50. The number of carboxylic acids is 1. The van der Waals surface area contributed by atoms with Gasteiger partial charge in [-0.1, -0.05) is 0 Å². The van der Waals surface area contributed by atoms with E-state index >= 15 is 0 Å². The van der Waals surface area contributed by atoms with Crippen molar-refractivity contribution in [1.29, 1.82) is 0 Å². The fraction of sp³-hybridized carbons (Fsp3) is 0.364. The summed E-state index contributed by atoms with van der Waals surface area (Å²) in [5.74, 6) is -0.999. The second-order valence-corrected chi connectivity index (χ2v) is 5.79. The molecular weight excluding hydrogens is 274 g/mol. The van der Waals surface area contributed by atoms with Crippen LogP contribution in [0.1, 0.15) is 11.6 Å². The van der Waals surface area contributed by atoms with Crippen LogP contribution in [0.5, 0.6) is 0 Å². The van der Waals surface area contributed by atoms with Crippen molar-refractivity contribution in [3.8, 4) is 0 Å². The van der Waals surface area contributed by atoms with E-state index in [4.69, 9.17) is 10.8 Å². The number of thioether (sulfide) groups is 3. The highest BCUT2D eigenvalue weighted by Crippen LogP contribution is 2.38. The lowest BCUT2D eigenvalue weighted by Crippen LogP contribution is -2.20. The average molecular weight is 289 g/mol. The number of carbonyl (C=O) groups is 1. The molecule has 1 aromatic rings. The molecule has 3 nitrogen and oxygen atoms in total. The van der Waals surface area contributed by atoms with E-state index < -0.39 is 12.0 Å². The van der Waals surface area contributed by atoms with E-state index in [1.807, 2.05) is 30.9 Å². The third-order valence-electron chi connectivity index (χ3n) is 2.31. The minimum Gasteiger partial charge on any atom is -0.480 e. The second-order valence-electron chi connectivity index (χ2n) is 3.27. The number of hydrogen-bond acceptors (Lipinski definition) is 5. The van der Waals surface area contributed by atoms with Gasteiger partial charge < -0.3 is 10.8 Å². The maximum Gasteiger partial charge on any atom is 0.325 e. The number of aliphatic carboxylic acids is 1. The largest absolute Gasteiger partial charge is 0.480 e. The third-order valence-corrected chi connectivity index (χ3v) is 4.94. The smallest absolute Gasteiger partial charge is 0.325 e. The van der Waals surface area contributed by atoms with Gasteiger partial charge in [0.2, 0.25) is 0 Å². The Balaban J connectivity index is 3.31. The summed E-state index contributed by atoms with van der Waals surface area (Å²) in [6.07, 6.45) is 5.98. The van der Waals surface area contributed by atoms with Crippen LogP contribution in [0.15, 0.2) is 26.8 Å². The van der Waals surface area contributed by atoms with Crippen LogP contribution in [-0.4, -0.2) is 29.8 Å². The predicted molar refractivity (Wildman–Crippen MR) is 76.3 cm³/mol. The molecule has 1 aromatic carbocycles. The van der Waals surface area contributed by atoms with E-state index in [2.05, 4.69) is 0 Å². The normalized spacial score (nSPS) is 12.5. The molecule has 1 rings (SSSR count).